The summed E-state index contributed by atoms with van der Waals surface area (Å²) in [4.78, 5) is 1.49. The van der Waals surface area contributed by atoms with Gasteiger partial charge in [-0.15, -0.1) is 0 Å². The molecule has 0 aliphatic rings. The first-order chi connectivity index (χ1) is 9.01. The molecule has 0 radical (unpaired) electrons. The van der Waals surface area contributed by atoms with Crippen LogP contribution in [0.5, 0.6) is 0 Å². The van der Waals surface area contributed by atoms with Crippen molar-refractivity contribution >= 4 is 52.3 Å². The first-order valence-electron chi connectivity index (χ1n) is 5.10. The van der Waals surface area contributed by atoms with Gasteiger partial charge in [0, 0.05) is 9.79 Å². The molecule has 2 aromatic carbocycles. The predicted molar refractivity (Wildman–Crippen MR) is 79.8 cm³/mol. The molecule has 19 heavy (non-hydrogen) atoms. The Hall–Kier alpha value is -0.650. The Kier molecular flexibility index (Phi) is 4.81. The molecule has 0 saturated heterocycles. The molecule has 0 spiro atoms. The van der Waals surface area contributed by atoms with Crippen molar-refractivity contribution < 1.29 is 4.39 Å². The first-order valence-corrected chi connectivity index (χ1v) is 7.05. The molecule has 0 saturated carbocycles. The van der Waals surface area contributed by atoms with E-state index in [1.54, 1.807) is 18.2 Å². The fourth-order valence-corrected chi connectivity index (χ4v) is 3.34. The van der Waals surface area contributed by atoms with Gasteiger partial charge in [-0.1, -0.05) is 46.6 Å². The van der Waals surface area contributed by atoms with Crippen LogP contribution in [0.15, 0.2) is 40.1 Å². The highest BCUT2D eigenvalue weighted by atomic mass is 35.5. The van der Waals surface area contributed by atoms with Gasteiger partial charge in [0.2, 0.25) is 0 Å². The van der Waals surface area contributed by atoms with Gasteiger partial charge in [-0.2, -0.15) is 0 Å². The van der Waals surface area contributed by atoms with Crippen molar-refractivity contribution in [3.63, 3.8) is 0 Å². The number of hydrazine groups is 1. The van der Waals surface area contributed by atoms with E-state index in [-0.39, 0.29) is 5.82 Å². The second kappa shape index (κ2) is 6.20. The van der Waals surface area contributed by atoms with E-state index in [1.165, 1.54) is 23.9 Å². The summed E-state index contributed by atoms with van der Waals surface area (Å²) in [5, 5.41) is 1.13. The van der Waals surface area contributed by atoms with Crippen molar-refractivity contribution in [2.45, 2.75) is 9.79 Å². The maximum absolute atomic E-state index is 13.0. The summed E-state index contributed by atoms with van der Waals surface area (Å²) < 4.78 is 13.0. The van der Waals surface area contributed by atoms with Gasteiger partial charge < -0.3 is 5.43 Å². The Balaban J connectivity index is 2.33. The van der Waals surface area contributed by atoms with E-state index < -0.39 is 0 Å². The minimum absolute atomic E-state index is 0.332. The van der Waals surface area contributed by atoms with Crippen LogP contribution in [0.1, 0.15) is 0 Å². The molecule has 2 aromatic rings. The van der Waals surface area contributed by atoms with Crippen LogP contribution in [0.25, 0.3) is 0 Å². The van der Waals surface area contributed by atoms with Gasteiger partial charge in [-0.3, -0.25) is 5.84 Å². The number of nitrogens with one attached hydrogen (secondary N) is 1. The third kappa shape index (κ3) is 3.46. The van der Waals surface area contributed by atoms with Crippen LogP contribution in [0.3, 0.4) is 0 Å². The van der Waals surface area contributed by atoms with Crippen LogP contribution < -0.4 is 11.3 Å². The molecule has 0 unspecified atom stereocenters. The summed E-state index contributed by atoms with van der Waals surface area (Å²) in [6, 6.07) is 7.59. The Morgan fingerprint density at radius 3 is 2.16 bits per heavy atom. The summed E-state index contributed by atoms with van der Waals surface area (Å²) in [5.41, 5.74) is 2.88. The molecule has 0 amide bonds. The van der Waals surface area contributed by atoms with E-state index in [1.807, 2.05) is 0 Å². The first kappa shape index (κ1) is 14.8. The van der Waals surface area contributed by atoms with Gasteiger partial charge in [-0.25, -0.2) is 4.39 Å². The molecule has 0 heterocycles. The fourth-order valence-electron chi connectivity index (χ4n) is 1.43. The number of nitrogen functional groups attached to an aromatic ring is 1. The lowest BCUT2D eigenvalue weighted by molar-refractivity contribution is 0.626. The molecule has 2 nitrogen and oxygen atoms in total. The van der Waals surface area contributed by atoms with Gasteiger partial charge in [0.15, 0.2) is 0 Å². The van der Waals surface area contributed by atoms with Gasteiger partial charge in [0.25, 0.3) is 0 Å². The minimum atomic E-state index is -0.381. The zero-order valence-corrected chi connectivity index (χ0v) is 12.5. The highest BCUT2D eigenvalue weighted by Gasteiger charge is 2.10. The zero-order valence-electron chi connectivity index (χ0n) is 9.38. The van der Waals surface area contributed by atoms with Gasteiger partial charge >= 0.3 is 0 Å². The molecule has 7 heteroatoms. The normalized spacial score (nSPS) is 10.6. The molecule has 0 aliphatic carbocycles. The summed E-state index contributed by atoms with van der Waals surface area (Å²) >= 11 is 19.4. The SMILES string of the molecule is NNc1c(Cl)cc(Sc2ccc(F)cc2Cl)cc1Cl. The smallest absolute Gasteiger partial charge is 0.124 e. The average molecular weight is 338 g/mol. The number of anilines is 1. The van der Waals surface area contributed by atoms with Crippen LogP contribution in [0.4, 0.5) is 10.1 Å². The fraction of sp³-hybridized carbons (Fsp3) is 0. The summed E-state index contributed by atoms with van der Waals surface area (Å²) in [6.45, 7) is 0. The average Bonchev–Trinajstić information content (AvgIpc) is 2.32. The van der Waals surface area contributed by atoms with E-state index in [9.17, 15) is 4.39 Å². The summed E-state index contributed by atoms with van der Waals surface area (Å²) in [7, 11) is 0. The maximum atomic E-state index is 13.0. The Labute approximate surface area is 129 Å². The van der Waals surface area contributed by atoms with E-state index in [2.05, 4.69) is 5.43 Å². The van der Waals surface area contributed by atoms with Crippen LogP contribution in [-0.4, -0.2) is 0 Å². The van der Waals surface area contributed by atoms with E-state index in [0.717, 1.165) is 4.90 Å². The summed E-state index contributed by atoms with van der Waals surface area (Å²) in [6.07, 6.45) is 0. The molecule has 0 fully saturated rings. The zero-order chi connectivity index (χ0) is 14.0. The lowest BCUT2D eigenvalue weighted by Crippen LogP contribution is -2.07. The van der Waals surface area contributed by atoms with Crippen LogP contribution in [0, 0.1) is 5.82 Å². The molecular weight excluding hydrogens is 330 g/mol. The van der Waals surface area contributed by atoms with Crippen molar-refractivity contribution in [2.75, 3.05) is 5.43 Å². The van der Waals surface area contributed by atoms with E-state index in [4.69, 9.17) is 40.6 Å². The van der Waals surface area contributed by atoms with Crippen LogP contribution in [0.2, 0.25) is 15.1 Å². The number of nitrogens with two attached hydrogens (primary N) is 1. The van der Waals surface area contributed by atoms with E-state index >= 15 is 0 Å². The van der Waals surface area contributed by atoms with Gasteiger partial charge in [-0.05, 0) is 30.3 Å². The lowest BCUT2D eigenvalue weighted by atomic mass is 10.3. The maximum Gasteiger partial charge on any atom is 0.124 e. The molecule has 0 aromatic heterocycles. The van der Waals surface area contributed by atoms with Crippen molar-refractivity contribution in [2.24, 2.45) is 5.84 Å². The highest BCUT2D eigenvalue weighted by molar-refractivity contribution is 7.99. The van der Waals surface area contributed by atoms with Gasteiger partial charge in [0.1, 0.15) is 5.82 Å². The second-order valence-electron chi connectivity index (χ2n) is 3.58. The molecule has 3 N–H and O–H groups in total. The van der Waals surface area contributed by atoms with Crippen molar-refractivity contribution in [1.82, 2.24) is 0 Å². The van der Waals surface area contributed by atoms with Crippen LogP contribution in [-0.2, 0) is 0 Å². The number of hydrogen-bond donors (Lipinski definition) is 2. The third-order valence-corrected chi connectivity index (χ3v) is 4.35. The highest BCUT2D eigenvalue weighted by Crippen LogP contribution is 2.39. The van der Waals surface area contributed by atoms with Crippen molar-refractivity contribution in [1.29, 1.82) is 0 Å². The lowest BCUT2D eigenvalue weighted by Gasteiger charge is -2.09. The number of halogens is 4. The Bertz CT molecular complexity index is 599. The number of rotatable bonds is 3. The molecule has 100 valence electrons. The molecule has 0 aliphatic heterocycles. The number of benzene rings is 2. The minimum Gasteiger partial charge on any atom is -0.321 e. The second-order valence-corrected chi connectivity index (χ2v) is 5.92. The molecule has 0 bridgehead atoms. The monoisotopic (exact) mass is 336 g/mol. The largest absolute Gasteiger partial charge is 0.321 e. The number of hydrogen-bond acceptors (Lipinski definition) is 3. The predicted octanol–water partition coefficient (Wildman–Crippen LogP) is 5.22. The quantitative estimate of drug-likeness (QED) is 0.595. The molecule has 2 rings (SSSR count). The Morgan fingerprint density at radius 1 is 1.00 bits per heavy atom. The third-order valence-electron chi connectivity index (χ3n) is 2.28. The summed E-state index contributed by atoms with van der Waals surface area (Å²) in [5.74, 6) is 4.93. The topological polar surface area (TPSA) is 38.0 Å². The molecular formula is C12H8Cl3FN2S. The van der Waals surface area contributed by atoms with Gasteiger partial charge in [0.05, 0.1) is 20.8 Å². The van der Waals surface area contributed by atoms with Crippen LogP contribution >= 0.6 is 46.6 Å². The molecule has 0 atom stereocenters. The standard InChI is InChI=1S/C12H8Cl3FN2S/c13-8-3-6(16)1-2-11(8)19-7-4-9(14)12(18-17)10(15)5-7/h1-5,18H,17H2. The van der Waals surface area contributed by atoms with Crippen molar-refractivity contribution in [3.8, 4) is 0 Å². The Morgan fingerprint density at radius 2 is 1.63 bits per heavy atom. The van der Waals surface area contributed by atoms with Crippen molar-refractivity contribution in [3.05, 3.63) is 51.2 Å². The van der Waals surface area contributed by atoms with E-state index in [0.29, 0.717) is 25.7 Å².